The SMILES string of the molecule is COc1c(Cl)ncnc1Nc1ccc(C)c(F)c1. The summed E-state index contributed by atoms with van der Waals surface area (Å²) in [5, 5.41) is 3.13. The van der Waals surface area contributed by atoms with E-state index in [-0.39, 0.29) is 11.0 Å². The first kappa shape index (κ1) is 12.6. The highest BCUT2D eigenvalue weighted by Gasteiger charge is 2.10. The molecule has 0 amide bonds. The second kappa shape index (κ2) is 5.18. The van der Waals surface area contributed by atoms with Crippen molar-refractivity contribution >= 4 is 23.1 Å². The molecule has 0 unspecified atom stereocenters. The zero-order valence-electron chi connectivity index (χ0n) is 9.87. The first-order valence-electron chi connectivity index (χ1n) is 5.19. The van der Waals surface area contributed by atoms with E-state index in [0.29, 0.717) is 22.8 Å². The first-order valence-corrected chi connectivity index (χ1v) is 5.57. The molecule has 1 N–H and O–H groups in total. The van der Waals surface area contributed by atoms with Crippen LogP contribution in [-0.4, -0.2) is 17.1 Å². The molecule has 4 nitrogen and oxygen atoms in total. The Morgan fingerprint density at radius 2 is 2.11 bits per heavy atom. The maximum atomic E-state index is 13.4. The van der Waals surface area contributed by atoms with E-state index in [1.807, 2.05) is 0 Å². The molecule has 0 bridgehead atoms. The van der Waals surface area contributed by atoms with E-state index in [1.54, 1.807) is 19.1 Å². The summed E-state index contributed by atoms with van der Waals surface area (Å²) in [5.41, 5.74) is 1.14. The molecule has 1 heterocycles. The summed E-state index contributed by atoms with van der Waals surface area (Å²) in [4.78, 5) is 7.80. The van der Waals surface area contributed by atoms with Gasteiger partial charge in [-0.1, -0.05) is 17.7 Å². The fraction of sp³-hybridized carbons (Fsp3) is 0.167. The lowest BCUT2D eigenvalue weighted by atomic mass is 10.2. The van der Waals surface area contributed by atoms with Crippen molar-refractivity contribution in [2.75, 3.05) is 12.4 Å². The predicted molar refractivity (Wildman–Crippen MR) is 68.0 cm³/mol. The van der Waals surface area contributed by atoms with E-state index in [0.717, 1.165) is 0 Å². The Bertz CT molecular complexity index is 577. The van der Waals surface area contributed by atoms with Crippen molar-refractivity contribution in [3.05, 3.63) is 41.1 Å². The number of anilines is 2. The maximum absolute atomic E-state index is 13.4. The van der Waals surface area contributed by atoms with Crippen molar-refractivity contribution < 1.29 is 9.13 Å². The van der Waals surface area contributed by atoms with E-state index in [4.69, 9.17) is 16.3 Å². The second-order valence-electron chi connectivity index (χ2n) is 3.64. The summed E-state index contributed by atoms with van der Waals surface area (Å²) < 4.78 is 18.5. The van der Waals surface area contributed by atoms with Crippen LogP contribution in [0.3, 0.4) is 0 Å². The van der Waals surface area contributed by atoms with Crippen molar-refractivity contribution in [2.24, 2.45) is 0 Å². The van der Waals surface area contributed by atoms with Gasteiger partial charge in [0.2, 0.25) is 0 Å². The Kier molecular flexibility index (Phi) is 3.62. The molecule has 0 aliphatic rings. The Balaban J connectivity index is 2.34. The summed E-state index contributed by atoms with van der Waals surface area (Å²) in [6.07, 6.45) is 1.30. The minimum Gasteiger partial charge on any atom is -0.490 e. The van der Waals surface area contributed by atoms with Gasteiger partial charge in [-0.2, -0.15) is 0 Å². The Morgan fingerprint density at radius 3 is 2.78 bits per heavy atom. The van der Waals surface area contributed by atoms with Crippen LogP contribution in [0.1, 0.15) is 5.56 Å². The zero-order chi connectivity index (χ0) is 13.1. The zero-order valence-corrected chi connectivity index (χ0v) is 10.6. The Morgan fingerprint density at radius 1 is 1.33 bits per heavy atom. The molecule has 0 saturated heterocycles. The van der Waals surface area contributed by atoms with E-state index >= 15 is 0 Å². The van der Waals surface area contributed by atoms with Crippen LogP contribution < -0.4 is 10.1 Å². The minimum atomic E-state index is -0.292. The second-order valence-corrected chi connectivity index (χ2v) is 3.99. The van der Waals surface area contributed by atoms with Gasteiger partial charge in [-0.05, 0) is 24.6 Å². The first-order chi connectivity index (χ1) is 8.61. The van der Waals surface area contributed by atoms with Crippen LogP contribution in [0.15, 0.2) is 24.5 Å². The van der Waals surface area contributed by atoms with Crippen LogP contribution in [0, 0.1) is 12.7 Å². The van der Waals surface area contributed by atoms with E-state index in [2.05, 4.69) is 15.3 Å². The average Bonchev–Trinajstić information content (AvgIpc) is 2.34. The highest BCUT2D eigenvalue weighted by molar-refractivity contribution is 6.31. The molecule has 0 fully saturated rings. The molecular formula is C12H11ClFN3O. The fourth-order valence-corrected chi connectivity index (χ4v) is 1.64. The molecule has 18 heavy (non-hydrogen) atoms. The van der Waals surface area contributed by atoms with E-state index < -0.39 is 0 Å². The lowest BCUT2D eigenvalue weighted by Gasteiger charge is -2.10. The van der Waals surface area contributed by atoms with Crippen LogP contribution in [0.5, 0.6) is 5.75 Å². The van der Waals surface area contributed by atoms with Crippen molar-refractivity contribution in [1.29, 1.82) is 0 Å². The van der Waals surface area contributed by atoms with Gasteiger partial charge in [0.1, 0.15) is 12.1 Å². The third-order valence-electron chi connectivity index (χ3n) is 2.40. The number of halogens is 2. The summed E-state index contributed by atoms with van der Waals surface area (Å²) in [6.45, 7) is 1.70. The largest absolute Gasteiger partial charge is 0.490 e. The van der Waals surface area contributed by atoms with Gasteiger partial charge in [0, 0.05) is 5.69 Å². The number of aryl methyl sites for hydroxylation is 1. The van der Waals surface area contributed by atoms with Crippen molar-refractivity contribution in [3.63, 3.8) is 0 Å². The molecule has 0 spiro atoms. The van der Waals surface area contributed by atoms with E-state index in [1.165, 1.54) is 19.5 Å². The topological polar surface area (TPSA) is 47.0 Å². The van der Waals surface area contributed by atoms with Gasteiger partial charge >= 0.3 is 0 Å². The molecule has 2 rings (SSSR count). The fourth-order valence-electron chi connectivity index (χ4n) is 1.43. The number of ether oxygens (including phenoxy) is 1. The highest BCUT2D eigenvalue weighted by atomic mass is 35.5. The molecule has 0 saturated carbocycles. The van der Waals surface area contributed by atoms with Gasteiger partial charge in [0.15, 0.2) is 16.7 Å². The lowest BCUT2D eigenvalue weighted by Crippen LogP contribution is -1.99. The molecular weight excluding hydrogens is 257 g/mol. The summed E-state index contributed by atoms with van der Waals surface area (Å²) in [6, 6.07) is 4.80. The monoisotopic (exact) mass is 267 g/mol. The van der Waals surface area contributed by atoms with Crippen LogP contribution >= 0.6 is 11.6 Å². The van der Waals surface area contributed by atoms with Gasteiger partial charge in [0.05, 0.1) is 7.11 Å². The van der Waals surface area contributed by atoms with Crippen LogP contribution in [0.4, 0.5) is 15.9 Å². The predicted octanol–water partition coefficient (Wildman–Crippen LogP) is 3.33. The Hall–Kier alpha value is -1.88. The Labute approximate surface area is 109 Å². The molecule has 0 aliphatic heterocycles. The third kappa shape index (κ3) is 2.51. The lowest BCUT2D eigenvalue weighted by molar-refractivity contribution is 0.413. The number of hydrogen-bond acceptors (Lipinski definition) is 4. The molecule has 0 radical (unpaired) electrons. The maximum Gasteiger partial charge on any atom is 0.199 e. The van der Waals surface area contributed by atoms with E-state index in [9.17, 15) is 4.39 Å². The van der Waals surface area contributed by atoms with Gasteiger partial charge in [0.25, 0.3) is 0 Å². The summed E-state index contributed by atoms with van der Waals surface area (Å²) in [5.74, 6) is 0.417. The molecule has 1 aromatic heterocycles. The molecule has 6 heteroatoms. The summed E-state index contributed by atoms with van der Waals surface area (Å²) >= 11 is 5.86. The van der Waals surface area contributed by atoms with Gasteiger partial charge < -0.3 is 10.1 Å². The summed E-state index contributed by atoms with van der Waals surface area (Å²) in [7, 11) is 1.46. The highest BCUT2D eigenvalue weighted by Crippen LogP contribution is 2.30. The number of nitrogens with one attached hydrogen (secondary N) is 1. The molecule has 2 aromatic rings. The molecule has 0 atom stereocenters. The van der Waals surface area contributed by atoms with Crippen LogP contribution in [0.2, 0.25) is 5.15 Å². The smallest absolute Gasteiger partial charge is 0.199 e. The number of rotatable bonds is 3. The van der Waals surface area contributed by atoms with Gasteiger partial charge in [-0.25, -0.2) is 14.4 Å². The van der Waals surface area contributed by atoms with Gasteiger partial charge in [-0.15, -0.1) is 0 Å². The number of methoxy groups -OCH3 is 1. The van der Waals surface area contributed by atoms with Crippen LogP contribution in [-0.2, 0) is 0 Å². The third-order valence-corrected chi connectivity index (χ3v) is 2.67. The normalized spacial score (nSPS) is 10.2. The average molecular weight is 268 g/mol. The van der Waals surface area contributed by atoms with Gasteiger partial charge in [-0.3, -0.25) is 0 Å². The number of aromatic nitrogens is 2. The molecule has 94 valence electrons. The van der Waals surface area contributed by atoms with Crippen molar-refractivity contribution in [3.8, 4) is 5.75 Å². The van der Waals surface area contributed by atoms with Crippen molar-refractivity contribution in [2.45, 2.75) is 6.92 Å². The number of hydrogen-bond donors (Lipinski definition) is 1. The quantitative estimate of drug-likeness (QED) is 0.867. The van der Waals surface area contributed by atoms with Crippen molar-refractivity contribution in [1.82, 2.24) is 9.97 Å². The molecule has 0 aliphatic carbocycles. The minimum absolute atomic E-state index is 0.197. The number of benzene rings is 1. The van der Waals surface area contributed by atoms with Crippen LogP contribution in [0.25, 0.3) is 0 Å². The molecule has 1 aromatic carbocycles. The standard InChI is InChI=1S/C12H11ClFN3O/c1-7-3-4-8(5-9(7)14)17-12-10(18-2)11(13)15-6-16-12/h3-6H,1-2H3,(H,15,16,17). The number of nitrogens with zero attached hydrogens (tertiary/aromatic N) is 2.